The topological polar surface area (TPSA) is 24.4 Å². The van der Waals surface area contributed by atoms with Crippen molar-refractivity contribution in [2.24, 2.45) is 5.10 Å². The van der Waals surface area contributed by atoms with Crippen molar-refractivity contribution >= 4 is 5.71 Å². The normalized spacial score (nSPS) is 11.5. The van der Waals surface area contributed by atoms with E-state index in [2.05, 4.69) is 24.0 Å². The van der Waals surface area contributed by atoms with Gasteiger partial charge in [0, 0.05) is 6.54 Å². The number of hydrogen-bond acceptors (Lipinski definition) is 2. The second kappa shape index (κ2) is 12.3. The van der Waals surface area contributed by atoms with Crippen molar-refractivity contribution in [1.29, 1.82) is 0 Å². The molecule has 0 spiro atoms. The first-order chi connectivity index (χ1) is 7.81. The van der Waals surface area contributed by atoms with Gasteiger partial charge in [-0.1, -0.05) is 58.4 Å². The van der Waals surface area contributed by atoms with Crippen LogP contribution in [0.25, 0.3) is 0 Å². The number of allylic oxidation sites excluding steroid dienone is 1. The third kappa shape index (κ3) is 11.3. The van der Waals surface area contributed by atoms with Gasteiger partial charge in [-0.05, 0) is 19.4 Å². The van der Waals surface area contributed by atoms with Crippen molar-refractivity contribution < 1.29 is 0 Å². The first kappa shape index (κ1) is 15.2. The van der Waals surface area contributed by atoms with E-state index in [1.54, 1.807) is 6.08 Å². The molecule has 0 atom stereocenters. The molecule has 0 aliphatic carbocycles. The zero-order valence-electron chi connectivity index (χ0n) is 11.1. The Balaban J connectivity index is 3.07. The minimum absolute atomic E-state index is 0.958. The molecular formula is C14H28N2. The lowest BCUT2D eigenvalue weighted by Gasteiger charge is -2.02. The van der Waals surface area contributed by atoms with E-state index in [9.17, 15) is 0 Å². The largest absolute Gasteiger partial charge is 0.310 e. The zero-order valence-corrected chi connectivity index (χ0v) is 11.1. The van der Waals surface area contributed by atoms with Crippen LogP contribution in [0.4, 0.5) is 0 Å². The molecule has 94 valence electrons. The van der Waals surface area contributed by atoms with Crippen molar-refractivity contribution in [1.82, 2.24) is 5.43 Å². The Kier molecular flexibility index (Phi) is 11.7. The van der Waals surface area contributed by atoms with Gasteiger partial charge in [0.1, 0.15) is 0 Å². The van der Waals surface area contributed by atoms with Crippen LogP contribution in [0.1, 0.15) is 65.2 Å². The molecule has 0 saturated carbocycles. The van der Waals surface area contributed by atoms with Crippen LogP contribution in [0.5, 0.6) is 0 Å². The average Bonchev–Trinajstić information content (AvgIpc) is 2.31. The van der Waals surface area contributed by atoms with Gasteiger partial charge in [0.25, 0.3) is 0 Å². The number of hydrazone groups is 1. The third-order valence-corrected chi connectivity index (χ3v) is 2.69. The Hall–Kier alpha value is -0.790. The van der Waals surface area contributed by atoms with Gasteiger partial charge < -0.3 is 5.43 Å². The molecule has 16 heavy (non-hydrogen) atoms. The lowest BCUT2D eigenvalue weighted by atomic mass is 10.1. The van der Waals surface area contributed by atoms with E-state index in [1.807, 2.05) is 6.92 Å². The highest BCUT2D eigenvalue weighted by atomic mass is 15.3. The lowest BCUT2D eigenvalue weighted by molar-refractivity contribution is 0.561. The molecule has 0 rings (SSSR count). The van der Waals surface area contributed by atoms with Crippen molar-refractivity contribution in [3.63, 3.8) is 0 Å². The molecule has 0 aliphatic heterocycles. The molecule has 0 unspecified atom stereocenters. The monoisotopic (exact) mass is 224 g/mol. The van der Waals surface area contributed by atoms with Crippen molar-refractivity contribution in [2.75, 3.05) is 6.54 Å². The number of rotatable bonds is 11. The Bertz CT molecular complexity index is 185. The first-order valence-corrected chi connectivity index (χ1v) is 6.70. The van der Waals surface area contributed by atoms with Crippen molar-refractivity contribution in [3.05, 3.63) is 12.7 Å². The molecule has 2 nitrogen and oxygen atoms in total. The number of nitrogens with zero attached hydrogens (tertiary/aromatic N) is 1. The van der Waals surface area contributed by atoms with Crippen LogP contribution in [0.2, 0.25) is 0 Å². The Labute approximate surface area is 101 Å². The van der Waals surface area contributed by atoms with Gasteiger partial charge in [-0.15, -0.1) is 0 Å². The average molecular weight is 224 g/mol. The number of nitrogens with one attached hydrogen (secondary N) is 1. The van der Waals surface area contributed by atoms with E-state index in [4.69, 9.17) is 0 Å². The third-order valence-electron chi connectivity index (χ3n) is 2.69. The Morgan fingerprint density at radius 2 is 1.62 bits per heavy atom. The summed E-state index contributed by atoms with van der Waals surface area (Å²) in [6.45, 7) is 8.85. The zero-order chi connectivity index (χ0) is 12.1. The van der Waals surface area contributed by atoms with E-state index in [0.29, 0.717) is 0 Å². The highest BCUT2D eigenvalue weighted by Crippen LogP contribution is 2.07. The molecule has 2 heteroatoms. The minimum Gasteiger partial charge on any atom is -0.310 e. The molecule has 0 bridgehead atoms. The van der Waals surface area contributed by atoms with E-state index in [0.717, 1.165) is 12.3 Å². The standard InChI is InChI=1S/C14H28N2/c1-4-6-7-8-9-10-11-12-13-15-16-14(3)5-2/h5,15H,2,4,6-13H2,1,3H3. The van der Waals surface area contributed by atoms with Gasteiger partial charge in [-0.3, -0.25) is 0 Å². The van der Waals surface area contributed by atoms with Gasteiger partial charge >= 0.3 is 0 Å². The molecule has 0 aliphatic rings. The van der Waals surface area contributed by atoms with E-state index >= 15 is 0 Å². The molecule has 0 amide bonds. The first-order valence-electron chi connectivity index (χ1n) is 6.70. The maximum Gasteiger partial charge on any atom is 0.0566 e. The van der Waals surface area contributed by atoms with Gasteiger partial charge in [0.2, 0.25) is 0 Å². The van der Waals surface area contributed by atoms with Gasteiger partial charge in [0.15, 0.2) is 0 Å². The van der Waals surface area contributed by atoms with Crippen LogP contribution in [-0.2, 0) is 0 Å². The van der Waals surface area contributed by atoms with Crippen molar-refractivity contribution in [3.8, 4) is 0 Å². The van der Waals surface area contributed by atoms with Crippen LogP contribution in [0.3, 0.4) is 0 Å². The highest BCUT2D eigenvalue weighted by Gasteiger charge is 1.91. The molecule has 0 heterocycles. The number of hydrogen-bond donors (Lipinski definition) is 1. The van der Waals surface area contributed by atoms with Crippen molar-refractivity contribution in [2.45, 2.75) is 65.2 Å². The van der Waals surface area contributed by atoms with Crippen LogP contribution in [0.15, 0.2) is 17.8 Å². The lowest BCUT2D eigenvalue weighted by Crippen LogP contribution is -2.09. The predicted octanol–water partition coefficient (Wildman–Crippen LogP) is 4.28. The summed E-state index contributed by atoms with van der Waals surface area (Å²) >= 11 is 0. The summed E-state index contributed by atoms with van der Waals surface area (Å²) in [6, 6.07) is 0. The van der Waals surface area contributed by atoms with Crippen LogP contribution < -0.4 is 5.43 Å². The molecule has 0 aromatic carbocycles. The summed E-state index contributed by atoms with van der Waals surface area (Å²) in [5.41, 5.74) is 4.02. The summed E-state index contributed by atoms with van der Waals surface area (Å²) in [6.07, 6.45) is 12.6. The van der Waals surface area contributed by atoms with Crippen LogP contribution in [-0.4, -0.2) is 12.3 Å². The van der Waals surface area contributed by atoms with E-state index in [-0.39, 0.29) is 0 Å². The summed E-state index contributed by atoms with van der Waals surface area (Å²) in [7, 11) is 0. The van der Waals surface area contributed by atoms with Gasteiger partial charge in [0.05, 0.1) is 5.71 Å². The SMILES string of the molecule is C=CC(C)=NNCCCCCCCCCC. The fraction of sp³-hybridized carbons (Fsp3) is 0.786. The highest BCUT2D eigenvalue weighted by molar-refractivity contribution is 5.91. The van der Waals surface area contributed by atoms with Gasteiger partial charge in [-0.2, -0.15) is 5.10 Å². The Morgan fingerprint density at radius 1 is 1.06 bits per heavy atom. The van der Waals surface area contributed by atoms with Crippen LogP contribution in [0, 0.1) is 0 Å². The quantitative estimate of drug-likeness (QED) is 0.316. The summed E-state index contributed by atoms with van der Waals surface area (Å²) in [5.74, 6) is 0. The molecule has 1 N–H and O–H groups in total. The molecule has 0 aromatic rings. The summed E-state index contributed by atoms with van der Waals surface area (Å²) in [5, 5.41) is 4.15. The van der Waals surface area contributed by atoms with E-state index in [1.165, 1.54) is 51.4 Å². The molecule has 0 saturated heterocycles. The van der Waals surface area contributed by atoms with Crippen LogP contribution >= 0.6 is 0 Å². The summed E-state index contributed by atoms with van der Waals surface area (Å²) < 4.78 is 0. The molecule has 0 fully saturated rings. The fourth-order valence-electron chi connectivity index (χ4n) is 1.56. The Morgan fingerprint density at radius 3 is 2.19 bits per heavy atom. The van der Waals surface area contributed by atoms with Gasteiger partial charge in [-0.25, -0.2) is 0 Å². The molecule has 0 aromatic heterocycles. The second-order valence-corrected chi connectivity index (χ2v) is 4.34. The maximum atomic E-state index is 4.15. The molecule has 0 radical (unpaired) electrons. The summed E-state index contributed by atoms with van der Waals surface area (Å²) in [4.78, 5) is 0. The maximum absolute atomic E-state index is 4.15. The minimum atomic E-state index is 0.958. The molecular weight excluding hydrogens is 196 g/mol. The predicted molar refractivity (Wildman–Crippen MR) is 73.9 cm³/mol. The fourth-order valence-corrected chi connectivity index (χ4v) is 1.56. The number of unbranched alkanes of at least 4 members (excludes halogenated alkanes) is 7. The second-order valence-electron chi connectivity index (χ2n) is 4.34. The smallest absolute Gasteiger partial charge is 0.0566 e. The van der Waals surface area contributed by atoms with E-state index < -0.39 is 0 Å².